The van der Waals surface area contributed by atoms with Crippen LogP contribution < -0.4 is 0 Å². The van der Waals surface area contributed by atoms with E-state index in [4.69, 9.17) is 9.47 Å². The third kappa shape index (κ3) is 3.97. The summed E-state index contributed by atoms with van der Waals surface area (Å²) in [7, 11) is 0. The number of fused-ring (bicyclic) bond motifs is 5. The first-order valence-electron chi connectivity index (χ1n) is 12.7. The number of carbonyl (C=O) groups excluding carboxylic acids is 2. The average Bonchev–Trinajstić information content (AvgIpc) is 3.05. The van der Waals surface area contributed by atoms with Crippen LogP contribution in [0.1, 0.15) is 92.4 Å². The highest BCUT2D eigenvalue weighted by Crippen LogP contribution is 2.67. The highest BCUT2D eigenvalue weighted by atomic mass is 16.5. The Kier molecular flexibility index (Phi) is 6.31. The molecule has 0 aromatic carbocycles. The second kappa shape index (κ2) is 8.56. The van der Waals surface area contributed by atoms with Crippen LogP contribution in [0.3, 0.4) is 0 Å². The first kappa shape index (κ1) is 22.9. The fourth-order valence-electron chi connectivity index (χ4n) is 8.56. The van der Waals surface area contributed by atoms with E-state index in [1.54, 1.807) is 5.57 Å². The molecular weight excluding hydrogens is 388 g/mol. The van der Waals surface area contributed by atoms with E-state index in [0.717, 1.165) is 37.0 Å². The summed E-state index contributed by atoms with van der Waals surface area (Å²) in [5.74, 6) is 3.13. The van der Waals surface area contributed by atoms with Gasteiger partial charge in [0.15, 0.2) is 0 Å². The Morgan fingerprint density at radius 1 is 1.13 bits per heavy atom. The maximum Gasteiger partial charge on any atom is 0.306 e. The summed E-state index contributed by atoms with van der Waals surface area (Å²) in [4.78, 5) is 23.6. The van der Waals surface area contributed by atoms with Crippen molar-refractivity contribution in [2.75, 3.05) is 6.61 Å². The lowest BCUT2D eigenvalue weighted by atomic mass is 9.47. The number of allylic oxidation sites excluding steroid dienone is 1. The van der Waals surface area contributed by atoms with E-state index in [1.807, 2.05) is 6.92 Å². The number of ether oxygens (including phenoxy) is 2. The third-order valence-corrected chi connectivity index (χ3v) is 9.95. The number of hydrogen-bond acceptors (Lipinski definition) is 4. The molecule has 0 spiro atoms. The van der Waals surface area contributed by atoms with Gasteiger partial charge >= 0.3 is 11.9 Å². The second-order valence-corrected chi connectivity index (χ2v) is 11.4. The molecule has 4 aliphatic rings. The Balaban J connectivity index is 1.50. The SMILES string of the molecule is CCOC(=O)C[C@H](C)[C@H]1CC[C@H]2[C@H]3CC=C4C[C@@H](OC(C)=O)CC[C@]4(C)[C@@H]3CC[C@]12C. The minimum Gasteiger partial charge on any atom is -0.466 e. The van der Waals surface area contributed by atoms with Crippen LogP contribution in [0.4, 0.5) is 0 Å². The Morgan fingerprint density at radius 2 is 1.90 bits per heavy atom. The van der Waals surface area contributed by atoms with Crippen LogP contribution in [0, 0.1) is 40.4 Å². The van der Waals surface area contributed by atoms with Crippen LogP contribution in [0.25, 0.3) is 0 Å². The summed E-state index contributed by atoms with van der Waals surface area (Å²) < 4.78 is 10.8. The topological polar surface area (TPSA) is 52.6 Å². The van der Waals surface area contributed by atoms with Crippen molar-refractivity contribution in [2.45, 2.75) is 98.5 Å². The molecule has 3 saturated carbocycles. The Morgan fingerprint density at radius 3 is 2.61 bits per heavy atom. The lowest BCUT2D eigenvalue weighted by Crippen LogP contribution is -2.51. The molecule has 0 N–H and O–H groups in total. The van der Waals surface area contributed by atoms with Gasteiger partial charge in [-0.3, -0.25) is 9.59 Å². The van der Waals surface area contributed by atoms with Crippen molar-refractivity contribution in [3.63, 3.8) is 0 Å². The molecule has 0 bridgehead atoms. The zero-order valence-corrected chi connectivity index (χ0v) is 20.2. The molecule has 3 fully saturated rings. The van der Waals surface area contributed by atoms with E-state index in [9.17, 15) is 9.59 Å². The van der Waals surface area contributed by atoms with Gasteiger partial charge in [-0.25, -0.2) is 0 Å². The largest absolute Gasteiger partial charge is 0.466 e. The minimum atomic E-state index is -0.148. The summed E-state index contributed by atoms with van der Waals surface area (Å²) in [6.45, 7) is 11.2. The van der Waals surface area contributed by atoms with Crippen LogP contribution in [-0.4, -0.2) is 24.6 Å². The number of rotatable bonds is 5. The van der Waals surface area contributed by atoms with Crippen LogP contribution in [0.2, 0.25) is 0 Å². The van der Waals surface area contributed by atoms with Crippen LogP contribution in [0.5, 0.6) is 0 Å². The molecule has 0 aromatic rings. The average molecular weight is 431 g/mol. The van der Waals surface area contributed by atoms with Gasteiger partial charge in [-0.1, -0.05) is 32.4 Å². The van der Waals surface area contributed by atoms with Crippen LogP contribution in [-0.2, 0) is 19.1 Å². The van der Waals surface area contributed by atoms with Gasteiger partial charge in [-0.05, 0) is 92.3 Å². The maximum atomic E-state index is 12.1. The summed E-state index contributed by atoms with van der Waals surface area (Å²) in [6.07, 6.45) is 12.6. The zero-order chi connectivity index (χ0) is 22.4. The molecule has 31 heavy (non-hydrogen) atoms. The molecule has 0 radical (unpaired) electrons. The van der Waals surface area contributed by atoms with Crippen molar-refractivity contribution in [1.29, 1.82) is 0 Å². The fourth-order valence-corrected chi connectivity index (χ4v) is 8.56. The quantitative estimate of drug-likeness (QED) is 0.391. The van der Waals surface area contributed by atoms with Crippen LogP contribution in [0.15, 0.2) is 11.6 Å². The van der Waals surface area contributed by atoms with Gasteiger partial charge in [0.05, 0.1) is 6.61 Å². The monoisotopic (exact) mass is 430 g/mol. The van der Waals surface area contributed by atoms with Crippen molar-refractivity contribution < 1.29 is 19.1 Å². The zero-order valence-electron chi connectivity index (χ0n) is 20.2. The summed E-state index contributed by atoms with van der Waals surface area (Å²) in [6, 6.07) is 0. The molecule has 4 nitrogen and oxygen atoms in total. The highest BCUT2D eigenvalue weighted by molar-refractivity contribution is 5.69. The molecule has 0 aliphatic heterocycles. The Labute approximate surface area is 188 Å². The molecule has 0 saturated heterocycles. The van der Waals surface area contributed by atoms with E-state index in [2.05, 4.69) is 26.8 Å². The minimum absolute atomic E-state index is 0.0296. The van der Waals surface area contributed by atoms with Gasteiger partial charge in [0.25, 0.3) is 0 Å². The van der Waals surface area contributed by atoms with Gasteiger partial charge in [-0.15, -0.1) is 0 Å². The Hall–Kier alpha value is -1.32. The second-order valence-electron chi connectivity index (χ2n) is 11.4. The van der Waals surface area contributed by atoms with Gasteiger partial charge in [0, 0.05) is 19.8 Å². The van der Waals surface area contributed by atoms with Gasteiger partial charge in [0.2, 0.25) is 0 Å². The summed E-state index contributed by atoms with van der Waals surface area (Å²) >= 11 is 0. The van der Waals surface area contributed by atoms with E-state index < -0.39 is 0 Å². The molecule has 0 aromatic heterocycles. The van der Waals surface area contributed by atoms with Gasteiger partial charge in [-0.2, -0.15) is 0 Å². The number of hydrogen-bond donors (Lipinski definition) is 0. The van der Waals surface area contributed by atoms with E-state index in [-0.39, 0.29) is 23.5 Å². The summed E-state index contributed by atoms with van der Waals surface area (Å²) in [5, 5.41) is 0. The lowest BCUT2D eigenvalue weighted by Gasteiger charge is -2.58. The number of esters is 2. The van der Waals surface area contributed by atoms with E-state index >= 15 is 0 Å². The molecule has 4 rings (SSSR count). The first-order valence-corrected chi connectivity index (χ1v) is 12.7. The van der Waals surface area contributed by atoms with E-state index in [0.29, 0.717) is 30.3 Å². The van der Waals surface area contributed by atoms with Crippen molar-refractivity contribution in [3.05, 3.63) is 11.6 Å². The molecule has 0 amide bonds. The highest BCUT2D eigenvalue weighted by Gasteiger charge is 2.59. The number of carbonyl (C=O) groups is 2. The lowest BCUT2D eigenvalue weighted by molar-refractivity contribution is -0.149. The predicted molar refractivity (Wildman–Crippen MR) is 121 cm³/mol. The van der Waals surface area contributed by atoms with Crippen molar-refractivity contribution in [3.8, 4) is 0 Å². The smallest absolute Gasteiger partial charge is 0.306 e. The first-order chi connectivity index (χ1) is 14.7. The molecule has 174 valence electrons. The molecule has 4 aliphatic carbocycles. The maximum absolute atomic E-state index is 12.1. The fraction of sp³-hybridized carbons (Fsp3) is 0.852. The molecule has 0 heterocycles. The van der Waals surface area contributed by atoms with Crippen molar-refractivity contribution >= 4 is 11.9 Å². The van der Waals surface area contributed by atoms with Crippen molar-refractivity contribution in [2.24, 2.45) is 40.4 Å². The molecule has 4 heteroatoms. The van der Waals surface area contributed by atoms with E-state index in [1.165, 1.54) is 39.0 Å². The van der Waals surface area contributed by atoms with Gasteiger partial charge < -0.3 is 9.47 Å². The predicted octanol–water partition coefficient (Wildman–Crippen LogP) is 6.09. The third-order valence-electron chi connectivity index (χ3n) is 9.95. The van der Waals surface area contributed by atoms with Gasteiger partial charge in [0.1, 0.15) is 6.10 Å². The van der Waals surface area contributed by atoms with Crippen molar-refractivity contribution in [1.82, 2.24) is 0 Å². The molecular formula is C27H42O4. The van der Waals surface area contributed by atoms with Crippen LogP contribution >= 0.6 is 0 Å². The molecule has 0 unspecified atom stereocenters. The normalized spacial score (nSPS) is 42.5. The Bertz CT molecular complexity index is 742. The molecule has 8 atom stereocenters. The summed E-state index contributed by atoms with van der Waals surface area (Å²) in [5.41, 5.74) is 2.18. The standard InChI is InChI=1S/C27H42O4/c1-6-30-25(29)15-17(2)22-9-10-23-21-8-7-19-16-20(31-18(3)28)11-13-26(19,4)24(21)12-14-27(22,23)5/h7,17,20-24H,6,8-16H2,1-5H3/t17-,20-,21+,22+,23-,24+,26-,27+/m0/s1.